The number of hydrogen-bond acceptors (Lipinski definition) is 5. The van der Waals surface area contributed by atoms with Crippen LogP contribution in [0.5, 0.6) is 0 Å². The van der Waals surface area contributed by atoms with Crippen LogP contribution in [0.25, 0.3) is 5.69 Å². The largest absolute Gasteiger partial charge is 0.480 e. The Morgan fingerprint density at radius 1 is 1.06 bits per heavy atom. The second kappa shape index (κ2) is 9.52. The zero-order valence-electron chi connectivity index (χ0n) is 17.1. The molecule has 3 rings (SSSR count). The van der Waals surface area contributed by atoms with Crippen molar-refractivity contribution in [3.63, 3.8) is 0 Å². The van der Waals surface area contributed by atoms with E-state index in [4.69, 9.17) is 10.8 Å². The summed E-state index contributed by atoms with van der Waals surface area (Å²) in [6.07, 6.45) is 0.560. The van der Waals surface area contributed by atoms with Crippen molar-refractivity contribution in [3.05, 3.63) is 93.3 Å². The molecule has 7 nitrogen and oxygen atoms in total. The molecule has 0 aliphatic carbocycles. The minimum absolute atomic E-state index is 0.0916. The van der Waals surface area contributed by atoms with E-state index in [0.29, 0.717) is 24.7 Å². The van der Waals surface area contributed by atoms with Crippen LogP contribution in [0.15, 0.2) is 59.4 Å². The first kappa shape index (κ1) is 22.8. The van der Waals surface area contributed by atoms with E-state index >= 15 is 0 Å². The van der Waals surface area contributed by atoms with E-state index < -0.39 is 35.0 Å². The summed E-state index contributed by atoms with van der Waals surface area (Å²) in [6.45, 7) is 1.99. The van der Waals surface area contributed by atoms with Crippen LogP contribution < -0.4 is 16.6 Å². The van der Waals surface area contributed by atoms with Crippen molar-refractivity contribution < 1.29 is 23.5 Å². The highest BCUT2D eigenvalue weighted by Crippen LogP contribution is 2.21. The number of pyridine rings is 1. The molecule has 0 unspecified atom stereocenters. The van der Waals surface area contributed by atoms with Crippen LogP contribution in [-0.2, 0) is 11.2 Å². The van der Waals surface area contributed by atoms with Gasteiger partial charge in [0.1, 0.15) is 23.5 Å². The number of anilines is 1. The van der Waals surface area contributed by atoms with Gasteiger partial charge in [0.15, 0.2) is 5.78 Å². The number of carbonyl (C=O) groups excluding carboxylic acids is 1. The van der Waals surface area contributed by atoms with Crippen molar-refractivity contribution in [3.8, 4) is 5.69 Å². The first-order valence-corrected chi connectivity index (χ1v) is 9.76. The zero-order valence-corrected chi connectivity index (χ0v) is 17.1. The number of halogens is 2. The fourth-order valence-corrected chi connectivity index (χ4v) is 3.16. The fraction of sp³-hybridized carbons (Fsp3) is 0.174. The second-order valence-electron chi connectivity index (χ2n) is 7.19. The lowest BCUT2D eigenvalue weighted by atomic mass is 10.0. The Bertz CT molecular complexity index is 1220. The van der Waals surface area contributed by atoms with E-state index in [9.17, 15) is 23.2 Å². The molecular weight excluding hydrogens is 420 g/mol. The number of aliphatic carboxylic acids is 1. The van der Waals surface area contributed by atoms with Gasteiger partial charge in [-0.05, 0) is 55.8 Å². The third-order valence-corrected chi connectivity index (χ3v) is 4.98. The molecule has 166 valence electrons. The molecule has 0 aliphatic rings. The summed E-state index contributed by atoms with van der Waals surface area (Å²) in [5.41, 5.74) is 6.45. The minimum atomic E-state index is -1.03. The van der Waals surface area contributed by atoms with Gasteiger partial charge in [0.2, 0.25) is 0 Å². The van der Waals surface area contributed by atoms with E-state index in [-0.39, 0.29) is 16.9 Å². The summed E-state index contributed by atoms with van der Waals surface area (Å²) in [4.78, 5) is 36.0. The lowest BCUT2D eigenvalue weighted by Gasteiger charge is -2.14. The first-order valence-electron chi connectivity index (χ1n) is 9.76. The zero-order chi connectivity index (χ0) is 23.4. The van der Waals surface area contributed by atoms with E-state index in [1.165, 1.54) is 6.07 Å². The SMILES string of the molecule is C[C@H](NCCc1ccc(-n2c(N)c(C(=O)c3ccc(F)cc3F)ccc2=O)cc1)C(=O)O. The monoisotopic (exact) mass is 441 g/mol. The van der Waals surface area contributed by atoms with Gasteiger partial charge in [0.05, 0.1) is 16.8 Å². The molecule has 1 heterocycles. The molecule has 0 bridgehead atoms. The lowest BCUT2D eigenvalue weighted by molar-refractivity contribution is -0.138. The highest BCUT2D eigenvalue weighted by Gasteiger charge is 2.20. The van der Waals surface area contributed by atoms with Gasteiger partial charge < -0.3 is 16.2 Å². The van der Waals surface area contributed by atoms with Crippen LogP contribution in [0.1, 0.15) is 28.4 Å². The van der Waals surface area contributed by atoms with E-state index in [1.807, 2.05) is 0 Å². The summed E-state index contributed by atoms with van der Waals surface area (Å²) in [7, 11) is 0. The molecule has 4 N–H and O–H groups in total. The minimum Gasteiger partial charge on any atom is -0.480 e. The molecule has 0 radical (unpaired) electrons. The maximum absolute atomic E-state index is 14.1. The van der Waals surface area contributed by atoms with Crippen LogP contribution in [-0.4, -0.2) is 34.0 Å². The maximum Gasteiger partial charge on any atom is 0.320 e. The molecule has 2 aromatic carbocycles. The van der Waals surface area contributed by atoms with Crippen molar-refractivity contribution in [2.75, 3.05) is 12.3 Å². The van der Waals surface area contributed by atoms with Crippen LogP contribution in [0, 0.1) is 11.6 Å². The number of rotatable bonds is 8. The molecule has 0 amide bonds. The number of carbonyl (C=O) groups is 2. The summed E-state index contributed by atoms with van der Waals surface area (Å²) in [5.74, 6) is -3.72. The summed E-state index contributed by atoms with van der Waals surface area (Å²) < 4.78 is 28.3. The Morgan fingerprint density at radius 2 is 1.72 bits per heavy atom. The summed E-state index contributed by atoms with van der Waals surface area (Å²) in [6, 6.07) is 11.1. The average molecular weight is 441 g/mol. The highest BCUT2D eigenvalue weighted by atomic mass is 19.1. The van der Waals surface area contributed by atoms with Crippen LogP contribution in [0.2, 0.25) is 0 Å². The van der Waals surface area contributed by atoms with Gasteiger partial charge in [0, 0.05) is 12.1 Å². The van der Waals surface area contributed by atoms with Crippen molar-refractivity contribution >= 4 is 17.6 Å². The van der Waals surface area contributed by atoms with Gasteiger partial charge >= 0.3 is 5.97 Å². The Labute approximate surface area is 182 Å². The van der Waals surface area contributed by atoms with Crippen molar-refractivity contribution in [1.29, 1.82) is 0 Å². The molecule has 0 spiro atoms. The van der Waals surface area contributed by atoms with Gasteiger partial charge in [0.25, 0.3) is 5.56 Å². The number of nitrogens with zero attached hydrogens (tertiary/aromatic N) is 1. The number of nitrogens with two attached hydrogens (primary N) is 1. The molecular formula is C23H21F2N3O4. The molecule has 0 saturated carbocycles. The molecule has 0 fully saturated rings. The number of benzene rings is 2. The third kappa shape index (κ3) is 4.89. The molecule has 1 aromatic heterocycles. The van der Waals surface area contributed by atoms with E-state index in [2.05, 4.69) is 5.32 Å². The quantitative estimate of drug-likeness (QED) is 0.463. The van der Waals surface area contributed by atoms with E-state index in [0.717, 1.165) is 28.3 Å². The summed E-state index contributed by atoms with van der Waals surface area (Å²) in [5, 5.41) is 11.8. The predicted octanol–water partition coefficient (Wildman–Crippen LogP) is 2.53. The number of carboxylic acid groups (broad SMARTS) is 1. The third-order valence-electron chi connectivity index (χ3n) is 4.98. The number of aromatic nitrogens is 1. The van der Waals surface area contributed by atoms with Crippen LogP contribution >= 0.6 is 0 Å². The molecule has 3 aromatic rings. The van der Waals surface area contributed by atoms with Crippen LogP contribution in [0.3, 0.4) is 0 Å². The molecule has 0 saturated heterocycles. The number of nitrogens with one attached hydrogen (secondary N) is 1. The normalized spacial score (nSPS) is 11.8. The Kier molecular flexibility index (Phi) is 6.79. The highest BCUT2D eigenvalue weighted by molar-refractivity contribution is 6.11. The number of carboxylic acids is 1. The fourth-order valence-electron chi connectivity index (χ4n) is 3.16. The number of ketones is 1. The standard InChI is InChI=1S/C23H21F2N3O4/c1-13(23(31)32)27-11-10-14-2-5-16(6-3-14)28-20(29)9-8-18(22(28)26)21(30)17-7-4-15(24)12-19(17)25/h2-9,12-13,27H,10-11,26H2,1H3,(H,31,32)/t13-/m0/s1. The van der Waals surface area contributed by atoms with Gasteiger partial charge in [-0.15, -0.1) is 0 Å². The van der Waals surface area contributed by atoms with Gasteiger partial charge in [-0.3, -0.25) is 19.0 Å². The van der Waals surface area contributed by atoms with Crippen LogP contribution in [0.4, 0.5) is 14.6 Å². The van der Waals surface area contributed by atoms with Gasteiger partial charge in [-0.25, -0.2) is 8.78 Å². The first-order chi connectivity index (χ1) is 15.2. The molecule has 32 heavy (non-hydrogen) atoms. The number of nitrogen functional groups attached to an aromatic ring is 1. The lowest BCUT2D eigenvalue weighted by Crippen LogP contribution is -2.34. The topological polar surface area (TPSA) is 114 Å². The average Bonchev–Trinajstić information content (AvgIpc) is 2.74. The van der Waals surface area contributed by atoms with Crippen molar-refractivity contribution in [2.24, 2.45) is 0 Å². The van der Waals surface area contributed by atoms with Gasteiger partial charge in [-0.2, -0.15) is 0 Å². The van der Waals surface area contributed by atoms with Crippen molar-refractivity contribution in [2.45, 2.75) is 19.4 Å². The van der Waals surface area contributed by atoms with Gasteiger partial charge in [-0.1, -0.05) is 12.1 Å². The molecule has 1 atom stereocenters. The number of hydrogen-bond donors (Lipinski definition) is 3. The molecule has 9 heteroatoms. The summed E-state index contributed by atoms with van der Waals surface area (Å²) >= 11 is 0. The Hall–Kier alpha value is -3.85. The maximum atomic E-state index is 14.1. The Morgan fingerprint density at radius 3 is 2.34 bits per heavy atom. The van der Waals surface area contributed by atoms with E-state index in [1.54, 1.807) is 31.2 Å². The second-order valence-corrected chi connectivity index (χ2v) is 7.19. The Balaban J connectivity index is 1.86. The smallest absolute Gasteiger partial charge is 0.320 e. The predicted molar refractivity (Wildman–Crippen MR) is 115 cm³/mol. The van der Waals surface area contributed by atoms with Crippen molar-refractivity contribution in [1.82, 2.24) is 9.88 Å². The molecule has 0 aliphatic heterocycles.